The van der Waals surface area contributed by atoms with Crippen molar-refractivity contribution in [2.24, 2.45) is 5.92 Å². The van der Waals surface area contributed by atoms with Crippen LogP contribution in [0.5, 0.6) is 5.75 Å². The number of rotatable bonds is 4. The van der Waals surface area contributed by atoms with E-state index < -0.39 is 5.92 Å². The number of nitrogens with zero attached hydrogens (tertiary/aromatic N) is 3. The molecule has 0 N–H and O–H groups in total. The maximum atomic E-state index is 13.1. The minimum atomic E-state index is -0.404. The number of anilines is 1. The highest BCUT2D eigenvalue weighted by Gasteiger charge is 2.39. The van der Waals surface area contributed by atoms with Gasteiger partial charge in [0.1, 0.15) is 5.75 Å². The molecule has 4 rings (SSSR count). The second-order valence-electron chi connectivity index (χ2n) is 8.18. The van der Waals surface area contributed by atoms with Gasteiger partial charge in [-0.2, -0.15) is 0 Å². The summed E-state index contributed by atoms with van der Waals surface area (Å²) >= 11 is 6.16. The van der Waals surface area contributed by atoms with Gasteiger partial charge in [-0.05, 0) is 36.8 Å². The van der Waals surface area contributed by atoms with Gasteiger partial charge in [0.25, 0.3) is 5.91 Å². The van der Waals surface area contributed by atoms with Gasteiger partial charge < -0.3 is 19.4 Å². The standard InChI is InChI=1S/C24H26ClN3O4/c1-16-7-8-21(32-2)20(13-16)28-15-17(14-22(28)29)23(30)26-9-11-27(12-10-26)24(31)18-5-3-4-6-19(18)25/h3-8,13,17H,9-12,14-15H2,1-2H3/t17-/m0/s1. The topological polar surface area (TPSA) is 70.2 Å². The van der Waals surface area contributed by atoms with E-state index in [1.54, 1.807) is 46.1 Å². The molecule has 2 heterocycles. The molecule has 3 amide bonds. The van der Waals surface area contributed by atoms with Crippen molar-refractivity contribution in [1.29, 1.82) is 0 Å². The maximum absolute atomic E-state index is 13.1. The number of benzene rings is 2. The number of carbonyl (C=O) groups is 3. The van der Waals surface area contributed by atoms with Crippen molar-refractivity contribution in [2.75, 3.05) is 44.7 Å². The first-order valence-corrected chi connectivity index (χ1v) is 11.0. The van der Waals surface area contributed by atoms with Crippen LogP contribution in [-0.4, -0.2) is 67.4 Å². The monoisotopic (exact) mass is 455 g/mol. The summed E-state index contributed by atoms with van der Waals surface area (Å²) in [5, 5.41) is 0.423. The number of halogens is 1. The van der Waals surface area contributed by atoms with Crippen LogP contribution in [0.25, 0.3) is 0 Å². The Bertz CT molecular complexity index is 1050. The predicted octanol–water partition coefficient (Wildman–Crippen LogP) is 2.99. The first kappa shape index (κ1) is 22.1. The molecule has 0 bridgehead atoms. The highest BCUT2D eigenvalue weighted by atomic mass is 35.5. The number of carbonyl (C=O) groups excluding carboxylic acids is 3. The van der Waals surface area contributed by atoms with Gasteiger partial charge in [0.05, 0.1) is 29.3 Å². The second kappa shape index (κ2) is 9.20. The molecule has 0 aromatic heterocycles. The summed E-state index contributed by atoms with van der Waals surface area (Å²) in [6.45, 7) is 4.03. The fourth-order valence-corrected chi connectivity index (χ4v) is 4.53. The van der Waals surface area contributed by atoms with Crippen molar-refractivity contribution in [3.8, 4) is 5.75 Å². The number of aryl methyl sites for hydroxylation is 1. The van der Waals surface area contributed by atoms with E-state index in [1.165, 1.54) is 0 Å². The number of piperazine rings is 1. The largest absolute Gasteiger partial charge is 0.495 e. The third kappa shape index (κ3) is 4.30. The number of hydrogen-bond acceptors (Lipinski definition) is 4. The molecular formula is C24H26ClN3O4. The van der Waals surface area contributed by atoms with E-state index in [9.17, 15) is 14.4 Å². The van der Waals surface area contributed by atoms with Gasteiger partial charge in [-0.25, -0.2) is 0 Å². The van der Waals surface area contributed by atoms with Crippen molar-refractivity contribution in [3.63, 3.8) is 0 Å². The zero-order chi connectivity index (χ0) is 22.8. The van der Waals surface area contributed by atoms with Crippen LogP contribution < -0.4 is 9.64 Å². The van der Waals surface area contributed by atoms with Gasteiger partial charge in [0, 0.05) is 39.1 Å². The molecule has 0 aliphatic carbocycles. The Kier molecular flexibility index (Phi) is 6.37. The second-order valence-corrected chi connectivity index (χ2v) is 8.59. The lowest BCUT2D eigenvalue weighted by molar-refractivity contribution is -0.137. The highest BCUT2D eigenvalue weighted by molar-refractivity contribution is 6.33. The maximum Gasteiger partial charge on any atom is 0.255 e. The Morgan fingerprint density at radius 1 is 1.03 bits per heavy atom. The first-order chi connectivity index (χ1) is 15.4. The Morgan fingerprint density at radius 2 is 1.72 bits per heavy atom. The van der Waals surface area contributed by atoms with Crippen LogP contribution in [0.2, 0.25) is 5.02 Å². The molecule has 0 spiro atoms. The molecule has 2 saturated heterocycles. The van der Waals surface area contributed by atoms with Gasteiger partial charge in [-0.3, -0.25) is 14.4 Å². The number of hydrogen-bond donors (Lipinski definition) is 0. The number of methoxy groups -OCH3 is 1. The summed E-state index contributed by atoms with van der Waals surface area (Å²) in [5.74, 6) is -0.0455. The van der Waals surface area contributed by atoms with Crippen molar-refractivity contribution >= 4 is 35.0 Å². The average molecular weight is 456 g/mol. The van der Waals surface area contributed by atoms with Crippen molar-refractivity contribution in [2.45, 2.75) is 13.3 Å². The normalized spacial score (nSPS) is 18.8. The fraction of sp³-hybridized carbons (Fsp3) is 0.375. The summed E-state index contributed by atoms with van der Waals surface area (Å²) in [6.07, 6.45) is 0.175. The van der Waals surface area contributed by atoms with Crippen LogP contribution in [0.3, 0.4) is 0 Å². The molecule has 2 aromatic carbocycles. The van der Waals surface area contributed by atoms with E-state index in [1.807, 2.05) is 25.1 Å². The summed E-state index contributed by atoms with van der Waals surface area (Å²) in [6, 6.07) is 12.6. The van der Waals surface area contributed by atoms with Gasteiger partial charge in [0.2, 0.25) is 11.8 Å². The molecule has 2 fully saturated rings. The molecule has 0 unspecified atom stereocenters. The van der Waals surface area contributed by atoms with Crippen molar-refractivity contribution < 1.29 is 19.1 Å². The SMILES string of the molecule is COc1ccc(C)cc1N1C[C@@H](C(=O)N2CCN(C(=O)c3ccccc3Cl)CC2)CC1=O. The van der Waals surface area contributed by atoms with Crippen LogP contribution in [-0.2, 0) is 9.59 Å². The quantitative estimate of drug-likeness (QED) is 0.710. The Morgan fingerprint density at radius 3 is 2.41 bits per heavy atom. The minimum Gasteiger partial charge on any atom is -0.495 e. The molecule has 32 heavy (non-hydrogen) atoms. The van der Waals surface area contributed by atoms with Crippen LogP contribution in [0.15, 0.2) is 42.5 Å². The van der Waals surface area contributed by atoms with E-state index in [0.717, 1.165) is 5.56 Å². The van der Waals surface area contributed by atoms with Crippen LogP contribution in [0.4, 0.5) is 5.69 Å². The van der Waals surface area contributed by atoms with Gasteiger partial charge in [-0.15, -0.1) is 0 Å². The summed E-state index contributed by atoms with van der Waals surface area (Å²) in [7, 11) is 1.57. The lowest BCUT2D eigenvalue weighted by atomic mass is 10.1. The smallest absolute Gasteiger partial charge is 0.255 e. The zero-order valence-electron chi connectivity index (χ0n) is 18.2. The van der Waals surface area contributed by atoms with Crippen molar-refractivity contribution in [1.82, 2.24) is 9.80 Å². The molecule has 2 aliphatic heterocycles. The first-order valence-electron chi connectivity index (χ1n) is 10.7. The molecule has 0 saturated carbocycles. The third-order valence-corrected chi connectivity index (χ3v) is 6.41. The number of ether oxygens (including phenoxy) is 1. The summed E-state index contributed by atoms with van der Waals surface area (Å²) in [4.78, 5) is 43.7. The van der Waals surface area contributed by atoms with E-state index in [0.29, 0.717) is 54.7 Å². The summed E-state index contributed by atoms with van der Waals surface area (Å²) in [5.41, 5.74) is 2.18. The Hall–Kier alpha value is -3.06. The molecule has 2 aliphatic rings. The lowest BCUT2D eigenvalue weighted by Gasteiger charge is -2.36. The Balaban J connectivity index is 1.39. The highest BCUT2D eigenvalue weighted by Crippen LogP contribution is 2.34. The fourth-order valence-electron chi connectivity index (χ4n) is 4.31. The molecule has 168 valence electrons. The molecule has 7 nitrogen and oxygen atoms in total. The summed E-state index contributed by atoms with van der Waals surface area (Å²) < 4.78 is 5.42. The van der Waals surface area contributed by atoms with Crippen molar-refractivity contribution in [3.05, 3.63) is 58.6 Å². The molecule has 1 atom stereocenters. The minimum absolute atomic E-state index is 0.0442. The average Bonchev–Trinajstić information content (AvgIpc) is 3.20. The molecule has 2 aromatic rings. The molecular weight excluding hydrogens is 430 g/mol. The lowest BCUT2D eigenvalue weighted by Crippen LogP contribution is -2.52. The van der Waals surface area contributed by atoms with Gasteiger partial charge in [0.15, 0.2) is 0 Å². The van der Waals surface area contributed by atoms with E-state index in [4.69, 9.17) is 16.3 Å². The van der Waals surface area contributed by atoms with Crippen LogP contribution >= 0.6 is 11.6 Å². The third-order valence-electron chi connectivity index (χ3n) is 6.08. The van der Waals surface area contributed by atoms with Gasteiger partial charge in [-0.1, -0.05) is 29.8 Å². The zero-order valence-corrected chi connectivity index (χ0v) is 19.0. The molecule has 8 heteroatoms. The van der Waals surface area contributed by atoms with Gasteiger partial charge >= 0.3 is 0 Å². The molecule has 0 radical (unpaired) electrons. The predicted molar refractivity (Wildman–Crippen MR) is 122 cm³/mol. The van der Waals surface area contributed by atoms with E-state index in [-0.39, 0.29) is 24.1 Å². The van der Waals surface area contributed by atoms with Crippen LogP contribution in [0, 0.1) is 12.8 Å². The van der Waals surface area contributed by atoms with E-state index >= 15 is 0 Å². The van der Waals surface area contributed by atoms with Crippen LogP contribution in [0.1, 0.15) is 22.3 Å². The number of amides is 3. The Labute approximate surface area is 192 Å². The van der Waals surface area contributed by atoms with E-state index in [2.05, 4.69) is 0 Å².